The van der Waals surface area contributed by atoms with Crippen molar-refractivity contribution in [2.24, 2.45) is 0 Å². The van der Waals surface area contributed by atoms with Crippen LogP contribution in [0.15, 0.2) is 53.7 Å². The van der Waals surface area contributed by atoms with Crippen molar-refractivity contribution in [1.29, 1.82) is 0 Å². The molecule has 1 N–H and O–H groups in total. The molecule has 0 radical (unpaired) electrons. The summed E-state index contributed by atoms with van der Waals surface area (Å²) in [6, 6.07) is 7.33. The Labute approximate surface area is 134 Å². The molecule has 0 unspecified atom stereocenters. The Kier molecular flexibility index (Phi) is 4.06. The van der Waals surface area contributed by atoms with Crippen molar-refractivity contribution in [3.63, 3.8) is 0 Å². The SMILES string of the molecule is O=c1c2cccnc2ncn1C[C@H](O)c1ccc(C(F)(F)F)cc1. The van der Waals surface area contributed by atoms with Crippen LogP contribution in [0.1, 0.15) is 17.2 Å². The van der Waals surface area contributed by atoms with Crippen LogP contribution in [0.2, 0.25) is 0 Å². The molecule has 0 saturated carbocycles. The lowest BCUT2D eigenvalue weighted by atomic mass is 10.1. The van der Waals surface area contributed by atoms with Gasteiger partial charge in [0.05, 0.1) is 23.6 Å². The summed E-state index contributed by atoms with van der Waals surface area (Å²) in [5, 5.41) is 10.5. The molecule has 3 aromatic rings. The Morgan fingerprint density at radius 2 is 1.83 bits per heavy atom. The first-order chi connectivity index (χ1) is 11.4. The predicted molar refractivity (Wildman–Crippen MR) is 80.2 cm³/mol. The molecule has 0 saturated heterocycles. The molecule has 124 valence electrons. The molecule has 8 heteroatoms. The molecule has 1 aromatic carbocycles. The number of rotatable bonds is 3. The average Bonchev–Trinajstić information content (AvgIpc) is 2.57. The second-order valence-corrected chi connectivity index (χ2v) is 5.21. The fourth-order valence-corrected chi connectivity index (χ4v) is 2.31. The number of hydrogen-bond donors (Lipinski definition) is 1. The molecular formula is C16H12F3N3O2. The first kappa shape index (κ1) is 16.1. The van der Waals surface area contributed by atoms with Crippen LogP contribution in [-0.2, 0) is 12.7 Å². The van der Waals surface area contributed by atoms with E-state index in [-0.39, 0.29) is 17.7 Å². The van der Waals surface area contributed by atoms with Crippen molar-refractivity contribution < 1.29 is 18.3 Å². The van der Waals surface area contributed by atoms with E-state index in [4.69, 9.17) is 0 Å². The number of halogens is 3. The predicted octanol–water partition coefficient (Wildman–Crippen LogP) is 2.54. The van der Waals surface area contributed by atoms with Crippen molar-refractivity contribution in [2.75, 3.05) is 0 Å². The first-order valence-electron chi connectivity index (χ1n) is 7.01. The fraction of sp³-hybridized carbons (Fsp3) is 0.188. The zero-order chi connectivity index (χ0) is 17.3. The van der Waals surface area contributed by atoms with Gasteiger partial charge in [-0.2, -0.15) is 13.2 Å². The number of fused-ring (bicyclic) bond motifs is 1. The summed E-state index contributed by atoms with van der Waals surface area (Å²) in [7, 11) is 0. The van der Waals surface area contributed by atoms with E-state index in [9.17, 15) is 23.1 Å². The summed E-state index contributed by atoms with van der Waals surface area (Å²) < 4.78 is 38.8. The molecule has 0 amide bonds. The topological polar surface area (TPSA) is 68.0 Å². The molecule has 2 heterocycles. The van der Waals surface area contributed by atoms with Gasteiger partial charge in [0.1, 0.15) is 6.33 Å². The zero-order valence-corrected chi connectivity index (χ0v) is 12.2. The van der Waals surface area contributed by atoms with Gasteiger partial charge in [-0.05, 0) is 29.8 Å². The van der Waals surface area contributed by atoms with Crippen LogP contribution in [0.5, 0.6) is 0 Å². The van der Waals surface area contributed by atoms with Crippen LogP contribution in [0.25, 0.3) is 11.0 Å². The number of pyridine rings is 1. The van der Waals surface area contributed by atoms with Crippen LogP contribution in [0.4, 0.5) is 13.2 Å². The summed E-state index contributed by atoms with van der Waals surface area (Å²) in [5.74, 6) is 0. The van der Waals surface area contributed by atoms with E-state index in [2.05, 4.69) is 9.97 Å². The summed E-state index contributed by atoms with van der Waals surface area (Å²) in [5.41, 5.74) is -0.600. The Bertz CT molecular complexity index is 920. The van der Waals surface area contributed by atoms with Gasteiger partial charge < -0.3 is 5.11 Å². The Morgan fingerprint density at radius 1 is 1.12 bits per heavy atom. The molecule has 0 bridgehead atoms. The van der Waals surface area contributed by atoms with E-state index in [0.29, 0.717) is 11.0 Å². The third-order valence-electron chi connectivity index (χ3n) is 3.59. The third-order valence-corrected chi connectivity index (χ3v) is 3.59. The van der Waals surface area contributed by atoms with Crippen molar-refractivity contribution in [3.05, 3.63) is 70.4 Å². The monoisotopic (exact) mass is 335 g/mol. The van der Waals surface area contributed by atoms with Gasteiger partial charge in [0, 0.05) is 6.20 Å². The molecule has 5 nitrogen and oxygen atoms in total. The van der Waals surface area contributed by atoms with Crippen LogP contribution in [0.3, 0.4) is 0 Å². The lowest BCUT2D eigenvalue weighted by Gasteiger charge is -2.14. The fourth-order valence-electron chi connectivity index (χ4n) is 2.31. The summed E-state index contributed by atoms with van der Waals surface area (Å²) in [6.07, 6.45) is -2.81. The Balaban J connectivity index is 1.86. The number of benzene rings is 1. The Hall–Kier alpha value is -2.74. The number of alkyl halides is 3. The lowest BCUT2D eigenvalue weighted by molar-refractivity contribution is -0.137. The van der Waals surface area contributed by atoms with E-state index < -0.39 is 17.8 Å². The van der Waals surface area contributed by atoms with E-state index in [1.54, 1.807) is 12.1 Å². The molecule has 3 rings (SSSR count). The number of aliphatic hydroxyl groups excluding tert-OH is 1. The highest BCUT2D eigenvalue weighted by Gasteiger charge is 2.30. The van der Waals surface area contributed by atoms with Crippen LogP contribution >= 0.6 is 0 Å². The van der Waals surface area contributed by atoms with Gasteiger partial charge >= 0.3 is 6.18 Å². The van der Waals surface area contributed by atoms with Crippen LogP contribution < -0.4 is 5.56 Å². The second-order valence-electron chi connectivity index (χ2n) is 5.21. The third kappa shape index (κ3) is 3.13. The average molecular weight is 335 g/mol. The maximum Gasteiger partial charge on any atom is 0.416 e. The highest BCUT2D eigenvalue weighted by molar-refractivity contribution is 5.72. The number of nitrogens with zero attached hydrogens (tertiary/aromatic N) is 3. The standard InChI is InChI=1S/C16H12F3N3O2/c17-16(18,19)11-5-3-10(4-6-11)13(23)8-22-9-21-14-12(15(22)24)2-1-7-20-14/h1-7,9,13,23H,8H2/t13-/m0/s1. The van der Waals surface area contributed by atoms with E-state index >= 15 is 0 Å². The van der Waals surface area contributed by atoms with Crippen molar-refractivity contribution >= 4 is 11.0 Å². The van der Waals surface area contributed by atoms with Gasteiger partial charge in [-0.3, -0.25) is 9.36 Å². The minimum atomic E-state index is -4.43. The summed E-state index contributed by atoms with van der Waals surface area (Å²) in [4.78, 5) is 20.3. The molecule has 0 aliphatic heterocycles. The Morgan fingerprint density at radius 3 is 2.50 bits per heavy atom. The normalized spacial score (nSPS) is 13.2. The van der Waals surface area contributed by atoms with Gasteiger partial charge in [0.15, 0.2) is 5.65 Å². The largest absolute Gasteiger partial charge is 0.416 e. The zero-order valence-electron chi connectivity index (χ0n) is 12.2. The van der Waals surface area contributed by atoms with E-state index in [1.807, 2.05) is 0 Å². The van der Waals surface area contributed by atoms with Crippen LogP contribution in [0, 0.1) is 0 Å². The number of hydrogen-bond acceptors (Lipinski definition) is 4. The minimum Gasteiger partial charge on any atom is -0.387 e. The summed E-state index contributed by atoms with van der Waals surface area (Å²) in [6.45, 7) is -0.123. The molecule has 0 aliphatic rings. The van der Waals surface area contributed by atoms with Gasteiger partial charge in [-0.15, -0.1) is 0 Å². The van der Waals surface area contributed by atoms with Gasteiger partial charge in [0.25, 0.3) is 5.56 Å². The van der Waals surface area contributed by atoms with Gasteiger partial charge in [-0.25, -0.2) is 9.97 Å². The smallest absolute Gasteiger partial charge is 0.387 e. The highest BCUT2D eigenvalue weighted by Crippen LogP contribution is 2.30. The van der Waals surface area contributed by atoms with Crippen molar-refractivity contribution in [2.45, 2.75) is 18.8 Å². The van der Waals surface area contributed by atoms with Crippen molar-refractivity contribution in [1.82, 2.24) is 14.5 Å². The lowest BCUT2D eigenvalue weighted by Crippen LogP contribution is -2.24. The molecule has 2 aromatic heterocycles. The van der Waals surface area contributed by atoms with E-state index in [0.717, 1.165) is 12.1 Å². The quantitative estimate of drug-likeness (QED) is 0.799. The second kappa shape index (κ2) is 6.04. The van der Waals surface area contributed by atoms with Crippen molar-refractivity contribution in [3.8, 4) is 0 Å². The van der Waals surface area contributed by atoms with Gasteiger partial charge in [-0.1, -0.05) is 12.1 Å². The maximum absolute atomic E-state index is 12.5. The number of aliphatic hydroxyl groups is 1. The molecule has 0 aliphatic carbocycles. The van der Waals surface area contributed by atoms with Gasteiger partial charge in [0.2, 0.25) is 0 Å². The first-order valence-corrected chi connectivity index (χ1v) is 7.01. The molecule has 1 atom stereocenters. The molecular weight excluding hydrogens is 323 g/mol. The van der Waals surface area contributed by atoms with Crippen LogP contribution in [-0.4, -0.2) is 19.6 Å². The summed E-state index contributed by atoms with van der Waals surface area (Å²) >= 11 is 0. The minimum absolute atomic E-state index is 0.123. The molecule has 0 spiro atoms. The maximum atomic E-state index is 12.5. The number of aromatic nitrogens is 3. The van der Waals surface area contributed by atoms with E-state index in [1.165, 1.54) is 29.2 Å². The highest BCUT2D eigenvalue weighted by atomic mass is 19.4. The molecule has 0 fully saturated rings. The molecule has 24 heavy (non-hydrogen) atoms.